The Bertz CT molecular complexity index is 93.0. The van der Waals surface area contributed by atoms with Crippen molar-refractivity contribution in [2.45, 2.75) is 53.0 Å². The Morgan fingerprint density at radius 1 is 1.27 bits per heavy atom. The molecule has 0 rings (SSSR count). The molecule has 0 saturated heterocycles. The molecular weight excluding hydrogens is 134 g/mol. The summed E-state index contributed by atoms with van der Waals surface area (Å²) in [7, 11) is 2.06. The van der Waals surface area contributed by atoms with E-state index in [0.29, 0.717) is 11.5 Å². The van der Waals surface area contributed by atoms with Gasteiger partial charge in [0.05, 0.1) is 0 Å². The number of hydrogen-bond acceptors (Lipinski definition) is 1. The van der Waals surface area contributed by atoms with Gasteiger partial charge in [-0.25, -0.2) is 0 Å². The fourth-order valence-corrected chi connectivity index (χ4v) is 1.97. The van der Waals surface area contributed by atoms with Crippen LogP contribution < -0.4 is 5.32 Å². The van der Waals surface area contributed by atoms with E-state index in [9.17, 15) is 0 Å². The van der Waals surface area contributed by atoms with E-state index in [0.717, 1.165) is 0 Å². The van der Waals surface area contributed by atoms with E-state index >= 15 is 0 Å². The van der Waals surface area contributed by atoms with Crippen LogP contribution >= 0.6 is 0 Å². The van der Waals surface area contributed by atoms with Crippen LogP contribution in [0, 0.1) is 5.41 Å². The first-order valence-electron chi connectivity index (χ1n) is 4.75. The molecule has 0 aliphatic heterocycles. The van der Waals surface area contributed by atoms with Crippen LogP contribution in [0.5, 0.6) is 0 Å². The molecule has 0 aromatic heterocycles. The van der Waals surface area contributed by atoms with Crippen LogP contribution in [0.1, 0.15) is 47.0 Å². The summed E-state index contributed by atoms with van der Waals surface area (Å²) in [5.74, 6) is 0. The summed E-state index contributed by atoms with van der Waals surface area (Å²) in [5.41, 5.74) is 0.457. The lowest BCUT2D eigenvalue weighted by atomic mass is 9.79. The Hall–Kier alpha value is -0.0400. The smallest absolute Gasteiger partial charge is 0.0113 e. The van der Waals surface area contributed by atoms with Crippen molar-refractivity contribution < 1.29 is 0 Å². The first-order valence-corrected chi connectivity index (χ1v) is 4.75. The summed E-state index contributed by atoms with van der Waals surface area (Å²) >= 11 is 0. The van der Waals surface area contributed by atoms with Gasteiger partial charge in [-0.15, -0.1) is 0 Å². The second-order valence-electron chi connectivity index (χ2n) is 3.99. The van der Waals surface area contributed by atoms with Crippen molar-refractivity contribution in [3.05, 3.63) is 0 Å². The first-order chi connectivity index (χ1) is 5.08. The summed E-state index contributed by atoms with van der Waals surface area (Å²) in [5, 5.41) is 3.38. The maximum atomic E-state index is 3.38. The lowest BCUT2D eigenvalue weighted by Gasteiger charge is -2.33. The zero-order chi connectivity index (χ0) is 8.91. The van der Waals surface area contributed by atoms with E-state index in [-0.39, 0.29) is 0 Å². The lowest BCUT2D eigenvalue weighted by molar-refractivity contribution is 0.225. The van der Waals surface area contributed by atoms with Crippen molar-refractivity contribution >= 4 is 0 Å². The van der Waals surface area contributed by atoms with Crippen LogP contribution in [-0.2, 0) is 0 Å². The van der Waals surface area contributed by atoms with Crippen LogP contribution in [0.25, 0.3) is 0 Å². The summed E-state index contributed by atoms with van der Waals surface area (Å²) in [6.45, 7) is 9.20. The molecule has 1 unspecified atom stereocenters. The van der Waals surface area contributed by atoms with Gasteiger partial charge in [-0.1, -0.05) is 34.1 Å². The molecular formula is C10H23N. The van der Waals surface area contributed by atoms with Crippen molar-refractivity contribution in [1.82, 2.24) is 5.32 Å². The van der Waals surface area contributed by atoms with E-state index in [1.54, 1.807) is 0 Å². The van der Waals surface area contributed by atoms with Gasteiger partial charge < -0.3 is 5.32 Å². The highest BCUT2D eigenvalue weighted by molar-refractivity contribution is 4.81. The van der Waals surface area contributed by atoms with Crippen molar-refractivity contribution in [2.24, 2.45) is 5.41 Å². The summed E-state index contributed by atoms with van der Waals surface area (Å²) in [4.78, 5) is 0. The van der Waals surface area contributed by atoms with Gasteiger partial charge in [-0.2, -0.15) is 0 Å². The predicted octanol–water partition coefficient (Wildman–Crippen LogP) is 2.81. The molecule has 0 saturated carbocycles. The second-order valence-corrected chi connectivity index (χ2v) is 3.99. The molecule has 11 heavy (non-hydrogen) atoms. The Balaban J connectivity index is 4.00. The normalized spacial score (nSPS) is 15.0. The Kier molecular flexibility index (Phi) is 4.74. The summed E-state index contributed by atoms with van der Waals surface area (Å²) in [6, 6.07) is 0.669. The second kappa shape index (κ2) is 4.76. The molecule has 0 radical (unpaired) electrons. The molecule has 1 atom stereocenters. The molecule has 0 bridgehead atoms. The Morgan fingerprint density at radius 2 is 1.82 bits per heavy atom. The predicted molar refractivity (Wildman–Crippen MR) is 51.8 cm³/mol. The van der Waals surface area contributed by atoms with Crippen LogP contribution in [0.15, 0.2) is 0 Å². The van der Waals surface area contributed by atoms with E-state index < -0.39 is 0 Å². The molecule has 0 heterocycles. The molecule has 0 amide bonds. The summed E-state index contributed by atoms with van der Waals surface area (Å²) < 4.78 is 0. The third-order valence-electron chi connectivity index (χ3n) is 2.59. The maximum Gasteiger partial charge on any atom is 0.0113 e. The Morgan fingerprint density at radius 3 is 2.09 bits per heavy atom. The number of nitrogens with one attached hydrogen (secondary N) is 1. The molecule has 0 fully saturated rings. The minimum Gasteiger partial charge on any atom is -0.316 e. The highest BCUT2D eigenvalue weighted by atomic mass is 14.9. The largest absolute Gasteiger partial charge is 0.316 e. The molecule has 0 aromatic carbocycles. The fourth-order valence-electron chi connectivity index (χ4n) is 1.97. The van der Waals surface area contributed by atoms with Gasteiger partial charge in [-0.3, -0.25) is 0 Å². The van der Waals surface area contributed by atoms with Crippen LogP contribution in [0.3, 0.4) is 0 Å². The van der Waals surface area contributed by atoms with E-state index in [4.69, 9.17) is 0 Å². The molecule has 0 aliphatic carbocycles. The number of rotatable bonds is 5. The van der Waals surface area contributed by atoms with Crippen molar-refractivity contribution in [3.63, 3.8) is 0 Å². The minimum absolute atomic E-state index is 0.457. The fraction of sp³-hybridized carbons (Fsp3) is 1.00. The van der Waals surface area contributed by atoms with Crippen LogP contribution in [0.4, 0.5) is 0 Å². The zero-order valence-electron chi connectivity index (χ0n) is 8.70. The van der Waals surface area contributed by atoms with Gasteiger partial charge in [0.25, 0.3) is 0 Å². The van der Waals surface area contributed by atoms with E-state index in [1.807, 2.05) is 0 Å². The van der Waals surface area contributed by atoms with Gasteiger partial charge in [0.2, 0.25) is 0 Å². The van der Waals surface area contributed by atoms with Crippen molar-refractivity contribution in [2.75, 3.05) is 7.05 Å². The van der Waals surface area contributed by atoms with Gasteiger partial charge in [0, 0.05) is 6.04 Å². The van der Waals surface area contributed by atoms with Crippen LogP contribution in [0.2, 0.25) is 0 Å². The lowest BCUT2D eigenvalue weighted by Crippen LogP contribution is -2.39. The third-order valence-corrected chi connectivity index (χ3v) is 2.59. The maximum absolute atomic E-state index is 3.38. The molecule has 0 aliphatic rings. The molecule has 68 valence electrons. The van der Waals surface area contributed by atoms with E-state index in [1.165, 1.54) is 19.3 Å². The third kappa shape index (κ3) is 3.24. The molecule has 1 nitrogen and oxygen atoms in total. The average molecular weight is 157 g/mol. The zero-order valence-corrected chi connectivity index (χ0v) is 8.70. The summed E-state index contributed by atoms with van der Waals surface area (Å²) in [6.07, 6.45) is 3.82. The van der Waals surface area contributed by atoms with Gasteiger partial charge in [0.15, 0.2) is 0 Å². The van der Waals surface area contributed by atoms with Gasteiger partial charge in [-0.05, 0) is 25.3 Å². The van der Waals surface area contributed by atoms with E-state index in [2.05, 4.69) is 40.1 Å². The van der Waals surface area contributed by atoms with Gasteiger partial charge in [0.1, 0.15) is 0 Å². The highest BCUT2D eigenvalue weighted by Crippen LogP contribution is 2.28. The molecule has 0 aromatic rings. The molecule has 1 N–H and O–H groups in total. The molecule has 1 heteroatoms. The SMILES string of the molecule is CCCC(C)(C)C(CC)NC. The topological polar surface area (TPSA) is 12.0 Å². The van der Waals surface area contributed by atoms with Crippen molar-refractivity contribution in [1.29, 1.82) is 0 Å². The van der Waals surface area contributed by atoms with Gasteiger partial charge >= 0.3 is 0 Å². The average Bonchev–Trinajstić information content (AvgIpc) is 1.89. The van der Waals surface area contributed by atoms with Crippen molar-refractivity contribution in [3.8, 4) is 0 Å². The monoisotopic (exact) mass is 157 g/mol. The number of hydrogen-bond donors (Lipinski definition) is 1. The minimum atomic E-state index is 0.457. The Labute approximate surface area is 71.6 Å². The van der Waals surface area contributed by atoms with Crippen LogP contribution in [-0.4, -0.2) is 13.1 Å². The first kappa shape index (κ1) is 11.0. The standard InChI is InChI=1S/C10H23N/c1-6-8-10(3,4)9(7-2)11-5/h9,11H,6-8H2,1-5H3. The molecule has 0 spiro atoms. The highest BCUT2D eigenvalue weighted by Gasteiger charge is 2.25. The quantitative estimate of drug-likeness (QED) is 0.647.